The Hall–Kier alpha value is -3.17. The first-order valence-electron chi connectivity index (χ1n) is 12.0. The van der Waals surface area contributed by atoms with Gasteiger partial charge in [-0.05, 0) is 42.7 Å². The Balaban J connectivity index is 1.56. The molecule has 0 bridgehead atoms. The number of likely N-dealkylation sites (N-methyl/N-ethyl adjacent to an activating group) is 1. The van der Waals surface area contributed by atoms with Crippen LogP contribution in [0.5, 0.6) is 0 Å². The van der Waals surface area contributed by atoms with Gasteiger partial charge >= 0.3 is 5.97 Å². The molecule has 9 heteroatoms. The number of ether oxygens (including phenoxy) is 1. The molecule has 8 nitrogen and oxygen atoms in total. The van der Waals surface area contributed by atoms with Crippen LogP contribution < -0.4 is 9.80 Å². The van der Waals surface area contributed by atoms with Gasteiger partial charge in [0, 0.05) is 57.1 Å². The third-order valence-electron chi connectivity index (χ3n) is 7.00. The summed E-state index contributed by atoms with van der Waals surface area (Å²) in [6.07, 6.45) is 3.51. The number of sulfonamides is 1. The minimum absolute atomic E-state index is 0.00272. The SMILES string of the molecule is CN1/C(=C/C(=O)COC(=O)c2cc(S(=O)(=O)N(C)C)ccc2N2CCCC2)C(C)(C)c2ccccc21. The van der Waals surface area contributed by atoms with Crippen molar-refractivity contribution in [3.63, 3.8) is 0 Å². The highest BCUT2D eigenvalue weighted by Gasteiger charge is 2.38. The number of nitrogens with zero attached hydrogens (tertiary/aromatic N) is 3. The van der Waals surface area contributed by atoms with Crippen LogP contribution in [-0.2, 0) is 25.0 Å². The number of benzene rings is 2. The van der Waals surface area contributed by atoms with E-state index in [-0.39, 0.29) is 21.7 Å². The summed E-state index contributed by atoms with van der Waals surface area (Å²) in [5.74, 6) is -1.06. The van der Waals surface area contributed by atoms with Crippen molar-refractivity contribution in [1.29, 1.82) is 0 Å². The summed E-state index contributed by atoms with van der Waals surface area (Å²) in [6.45, 7) is 5.21. The topological polar surface area (TPSA) is 87.2 Å². The number of esters is 1. The van der Waals surface area contributed by atoms with Crippen molar-refractivity contribution in [3.05, 3.63) is 65.4 Å². The standard InChI is InChI=1S/C27H33N3O5S/c1-27(2)22-10-6-7-11-24(22)29(5)25(27)16-19(31)18-35-26(32)21-17-20(36(33,34)28(3)4)12-13-23(21)30-14-8-9-15-30/h6-7,10-13,16-17H,8-9,14-15,18H2,1-5H3/b25-16+. The van der Waals surface area contributed by atoms with Crippen LogP contribution in [0.15, 0.2) is 59.1 Å². The molecule has 0 amide bonds. The lowest BCUT2D eigenvalue weighted by atomic mass is 9.83. The van der Waals surface area contributed by atoms with Crippen LogP contribution in [0.1, 0.15) is 42.6 Å². The highest BCUT2D eigenvalue weighted by molar-refractivity contribution is 7.89. The number of allylic oxidation sites excluding steroid dienone is 1. The quantitative estimate of drug-likeness (QED) is 0.415. The second kappa shape index (κ2) is 9.71. The first kappa shape index (κ1) is 25.9. The molecule has 2 aromatic carbocycles. The molecule has 1 saturated heterocycles. The minimum atomic E-state index is -3.74. The first-order valence-corrected chi connectivity index (χ1v) is 13.5. The first-order chi connectivity index (χ1) is 16.9. The summed E-state index contributed by atoms with van der Waals surface area (Å²) in [7, 11) is 1.05. The molecule has 0 aromatic heterocycles. The zero-order chi connectivity index (χ0) is 26.3. The normalized spacial score (nSPS) is 18.1. The Morgan fingerprint density at radius 1 is 1.06 bits per heavy atom. The van der Waals surface area contributed by atoms with Crippen LogP contribution in [0.2, 0.25) is 0 Å². The number of anilines is 2. The second-order valence-corrected chi connectivity index (χ2v) is 12.1. The lowest BCUT2D eigenvalue weighted by molar-refractivity contribution is -0.117. The highest BCUT2D eigenvalue weighted by Crippen LogP contribution is 2.46. The van der Waals surface area contributed by atoms with Gasteiger partial charge in [0.2, 0.25) is 10.0 Å². The summed E-state index contributed by atoms with van der Waals surface area (Å²) in [4.78, 5) is 30.1. The van der Waals surface area contributed by atoms with Gasteiger partial charge in [0.1, 0.15) is 0 Å². The van der Waals surface area contributed by atoms with Gasteiger partial charge < -0.3 is 14.5 Å². The number of ketones is 1. The number of fused-ring (bicyclic) bond motifs is 1. The third-order valence-corrected chi connectivity index (χ3v) is 8.81. The molecule has 0 aliphatic carbocycles. The van der Waals surface area contributed by atoms with Crippen LogP contribution in [0.4, 0.5) is 11.4 Å². The van der Waals surface area contributed by atoms with Crippen molar-refractivity contribution in [3.8, 4) is 0 Å². The van der Waals surface area contributed by atoms with E-state index in [1.165, 1.54) is 32.3 Å². The molecule has 2 aliphatic rings. The Morgan fingerprint density at radius 2 is 1.72 bits per heavy atom. The van der Waals surface area contributed by atoms with Crippen LogP contribution >= 0.6 is 0 Å². The van der Waals surface area contributed by atoms with Gasteiger partial charge in [-0.15, -0.1) is 0 Å². The molecular weight excluding hydrogens is 478 g/mol. The van der Waals surface area contributed by atoms with Crippen molar-refractivity contribution < 1.29 is 22.7 Å². The molecule has 0 N–H and O–H groups in total. The predicted molar refractivity (Wildman–Crippen MR) is 140 cm³/mol. The van der Waals surface area contributed by atoms with E-state index < -0.39 is 22.6 Å². The zero-order valence-corrected chi connectivity index (χ0v) is 22.3. The second-order valence-electron chi connectivity index (χ2n) is 9.93. The number of rotatable bonds is 7. The fraction of sp³-hybridized carbons (Fsp3) is 0.407. The zero-order valence-electron chi connectivity index (χ0n) is 21.4. The van der Waals surface area contributed by atoms with Crippen molar-refractivity contribution in [2.75, 3.05) is 50.6 Å². The van der Waals surface area contributed by atoms with Crippen LogP contribution in [0.3, 0.4) is 0 Å². The Bertz CT molecular complexity index is 1320. The summed E-state index contributed by atoms with van der Waals surface area (Å²) >= 11 is 0. The van der Waals surface area contributed by atoms with Gasteiger partial charge in [-0.2, -0.15) is 0 Å². The van der Waals surface area contributed by atoms with Crippen molar-refractivity contribution >= 4 is 33.2 Å². The molecule has 192 valence electrons. The molecule has 36 heavy (non-hydrogen) atoms. The molecule has 2 aliphatic heterocycles. The molecule has 0 radical (unpaired) electrons. The van der Waals surface area contributed by atoms with Crippen LogP contribution in [0, 0.1) is 0 Å². The maximum atomic E-state index is 13.1. The highest BCUT2D eigenvalue weighted by atomic mass is 32.2. The van der Waals surface area contributed by atoms with Crippen molar-refractivity contribution in [2.24, 2.45) is 0 Å². The third kappa shape index (κ3) is 4.65. The van der Waals surface area contributed by atoms with Crippen LogP contribution in [-0.4, -0.2) is 65.3 Å². The van der Waals surface area contributed by atoms with E-state index in [1.807, 2.05) is 41.1 Å². The van der Waals surface area contributed by atoms with Gasteiger partial charge in [-0.3, -0.25) is 4.79 Å². The summed E-state index contributed by atoms with van der Waals surface area (Å²) in [5.41, 5.74) is 3.37. The number of carbonyl (C=O) groups excluding carboxylic acids is 2. The van der Waals surface area contributed by atoms with E-state index in [2.05, 4.69) is 13.8 Å². The van der Waals surface area contributed by atoms with Gasteiger partial charge in [0.05, 0.1) is 16.1 Å². The molecule has 0 spiro atoms. The van der Waals surface area contributed by atoms with E-state index in [0.29, 0.717) is 5.69 Å². The molecule has 0 unspecified atom stereocenters. The Labute approximate surface area is 213 Å². The van der Waals surface area contributed by atoms with Gasteiger partial charge in [-0.25, -0.2) is 17.5 Å². The average molecular weight is 512 g/mol. The molecule has 1 fully saturated rings. The van der Waals surface area contributed by atoms with Gasteiger partial charge in [0.25, 0.3) is 0 Å². The summed E-state index contributed by atoms with van der Waals surface area (Å²) in [6, 6.07) is 12.5. The minimum Gasteiger partial charge on any atom is -0.454 e. The number of hydrogen-bond donors (Lipinski definition) is 0. The maximum Gasteiger partial charge on any atom is 0.340 e. The molecular formula is C27H33N3O5S. The Kier molecular flexibility index (Phi) is 6.99. The van der Waals surface area contributed by atoms with Gasteiger partial charge in [0.15, 0.2) is 12.4 Å². The molecule has 2 aromatic rings. The van der Waals surface area contributed by atoms with Crippen LogP contribution in [0.25, 0.3) is 0 Å². The van der Waals surface area contributed by atoms with E-state index in [0.717, 1.165) is 47.2 Å². The summed E-state index contributed by atoms with van der Waals surface area (Å²) in [5, 5.41) is 0. The Morgan fingerprint density at radius 3 is 2.36 bits per heavy atom. The molecule has 4 rings (SSSR count). The smallest absolute Gasteiger partial charge is 0.340 e. The predicted octanol–water partition coefficient (Wildman–Crippen LogP) is 3.57. The largest absolute Gasteiger partial charge is 0.454 e. The van der Waals surface area contributed by atoms with E-state index in [1.54, 1.807) is 6.07 Å². The number of hydrogen-bond acceptors (Lipinski definition) is 7. The maximum absolute atomic E-state index is 13.1. The lowest BCUT2D eigenvalue weighted by Crippen LogP contribution is -2.26. The van der Waals surface area contributed by atoms with E-state index >= 15 is 0 Å². The van der Waals surface area contributed by atoms with Gasteiger partial charge in [-0.1, -0.05) is 32.0 Å². The number of para-hydroxylation sites is 1. The fourth-order valence-electron chi connectivity index (χ4n) is 4.95. The van der Waals surface area contributed by atoms with E-state index in [9.17, 15) is 18.0 Å². The number of carbonyl (C=O) groups is 2. The van der Waals surface area contributed by atoms with Crippen molar-refractivity contribution in [1.82, 2.24) is 4.31 Å². The monoisotopic (exact) mass is 511 g/mol. The average Bonchev–Trinajstić information content (AvgIpc) is 3.45. The summed E-state index contributed by atoms with van der Waals surface area (Å²) < 4.78 is 31.9. The van der Waals surface area contributed by atoms with E-state index in [4.69, 9.17) is 4.74 Å². The molecule has 0 saturated carbocycles. The lowest BCUT2D eigenvalue weighted by Gasteiger charge is -2.24. The molecule has 2 heterocycles. The van der Waals surface area contributed by atoms with Crippen molar-refractivity contribution in [2.45, 2.75) is 37.0 Å². The fourth-order valence-corrected chi connectivity index (χ4v) is 5.88. The molecule has 0 atom stereocenters.